The van der Waals surface area contributed by atoms with Crippen molar-refractivity contribution in [3.8, 4) is 0 Å². The lowest BCUT2D eigenvalue weighted by atomic mass is 9.87. The first-order valence-electron chi connectivity index (χ1n) is 8.71. The average Bonchev–Trinajstić information content (AvgIpc) is 2.89. The zero-order valence-corrected chi connectivity index (χ0v) is 15.0. The Hall–Kier alpha value is -1.07. The fourth-order valence-electron chi connectivity index (χ4n) is 3.80. The van der Waals surface area contributed by atoms with E-state index in [0.717, 1.165) is 30.9 Å². The van der Waals surface area contributed by atoms with Crippen LogP contribution in [0.15, 0.2) is 6.07 Å². The summed E-state index contributed by atoms with van der Waals surface area (Å²) in [5.41, 5.74) is 1.15. The molecule has 2 N–H and O–H groups in total. The third-order valence-corrected chi connectivity index (χ3v) is 5.17. The molecule has 1 saturated heterocycles. The number of amides is 1. The van der Waals surface area contributed by atoms with Crippen molar-refractivity contribution in [2.45, 2.75) is 63.8 Å². The molecule has 1 saturated carbocycles. The Balaban J connectivity index is 0.00000192. The van der Waals surface area contributed by atoms with Crippen LogP contribution in [0.2, 0.25) is 0 Å². The maximum atomic E-state index is 12.5. The van der Waals surface area contributed by atoms with Gasteiger partial charge in [0.15, 0.2) is 0 Å². The minimum Gasteiger partial charge on any atom is -0.314 e. The number of carbonyl (C=O) groups is 1. The van der Waals surface area contributed by atoms with Crippen molar-refractivity contribution in [2.24, 2.45) is 13.0 Å². The number of halogens is 1. The van der Waals surface area contributed by atoms with Crippen LogP contribution in [0.3, 0.4) is 0 Å². The Labute approximate surface area is 145 Å². The van der Waals surface area contributed by atoms with E-state index in [1.54, 1.807) is 0 Å². The molecule has 0 spiro atoms. The molecule has 3 rings (SSSR count). The summed E-state index contributed by atoms with van der Waals surface area (Å²) in [7, 11) is 1.92. The quantitative estimate of drug-likeness (QED) is 0.888. The van der Waals surface area contributed by atoms with E-state index < -0.39 is 0 Å². The molecule has 2 heterocycles. The summed E-state index contributed by atoms with van der Waals surface area (Å²) >= 11 is 0. The van der Waals surface area contributed by atoms with E-state index in [-0.39, 0.29) is 24.2 Å². The van der Waals surface area contributed by atoms with E-state index in [9.17, 15) is 4.79 Å². The number of aromatic nitrogens is 2. The van der Waals surface area contributed by atoms with Gasteiger partial charge in [-0.3, -0.25) is 9.48 Å². The van der Waals surface area contributed by atoms with Crippen molar-refractivity contribution in [3.05, 3.63) is 11.8 Å². The summed E-state index contributed by atoms with van der Waals surface area (Å²) in [6.07, 6.45) is 8.25. The molecular formula is C17H29ClN4O. The molecule has 0 unspecified atom stereocenters. The van der Waals surface area contributed by atoms with Crippen LogP contribution in [-0.2, 0) is 11.8 Å². The summed E-state index contributed by atoms with van der Waals surface area (Å²) in [6.45, 7) is 3.07. The molecule has 1 aliphatic carbocycles. The number of rotatable bonds is 3. The summed E-state index contributed by atoms with van der Waals surface area (Å²) in [6, 6.07) is 2.51. The number of hydrogen-bond acceptors (Lipinski definition) is 3. The van der Waals surface area contributed by atoms with Gasteiger partial charge in [0.25, 0.3) is 0 Å². The molecule has 6 heteroatoms. The van der Waals surface area contributed by atoms with Gasteiger partial charge >= 0.3 is 0 Å². The zero-order valence-electron chi connectivity index (χ0n) is 14.2. The molecule has 1 aromatic rings. The van der Waals surface area contributed by atoms with E-state index in [1.165, 1.54) is 32.1 Å². The zero-order chi connectivity index (χ0) is 15.5. The minimum atomic E-state index is 0. The highest BCUT2D eigenvalue weighted by Gasteiger charge is 2.26. The van der Waals surface area contributed by atoms with Crippen LogP contribution in [0, 0.1) is 5.92 Å². The number of piperidine rings is 1. The average molecular weight is 341 g/mol. The number of nitrogens with one attached hydrogen (secondary N) is 2. The first-order chi connectivity index (χ1) is 10.6. The third-order valence-electron chi connectivity index (χ3n) is 5.17. The van der Waals surface area contributed by atoms with Gasteiger partial charge in [0.1, 0.15) is 5.82 Å². The molecule has 130 valence electrons. The number of aryl methyl sites for hydroxylation is 1. The topological polar surface area (TPSA) is 59.0 Å². The van der Waals surface area contributed by atoms with Crippen molar-refractivity contribution in [1.29, 1.82) is 0 Å². The van der Waals surface area contributed by atoms with Gasteiger partial charge in [-0.05, 0) is 39.2 Å². The molecular weight excluding hydrogens is 312 g/mol. The third kappa shape index (κ3) is 4.48. The Kier molecular flexibility index (Phi) is 6.48. The predicted octanol–water partition coefficient (Wildman–Crippen LogP) is 3.22. The van der Waals surface area contributed by atoms with Crippen LogP contribution in [0.5, 0.6) is 0 Å². The van der Waals surface area contributed by atoms with Crippen LogP contribution in [0.25, 0.3) is 0 Å². The summed E-state index contributed by atoms with van der Waals surface area (Å²) in [5.74, 6) is 1.68. The molecule has 2 atom stereocenters. The smallest absolute Gasteiger partial charge is 0.228 e. The lowest BCUT2D eigenvalue weighted by Gasteiger charge is -2.27. The molecule has 0 aromatic carbocycles. The number of nitrogens with zero attached hydrogens (tertiary/aromatic N) is 2. The fraction of sp³-hybridized carbons (Fsp3) is 0.765. The minimum absolute atomic E-state index is 0. The van der Waals surface area contributed by atoms with E-state index in [2.05, 4.69) is 28.7 Å². The Bertz CT molecular complexity index is 525. The second-order valence-electron chi connectivity index (χ2n) is 6.98. The normalized spacial score (nSPS) is 25.7. The maximum absolute atomic E-state index is 12.5. The monoisotopic (exact) mass is 340 g/mol. The van der Waals surface area contributed by atoms with Crippen LogP contribution >= 0.6 is 12.4 Å². The number of hydrogen-bond donors (Lipinski definition) is 2. The predicted molar refractivity (Wildman–Crippen MR) is 95.1 cm³/mol. The van der Waals surface area contributed by atoms with E-state index in [0.29, 0.717) is 12.0 Å². The van der Waals surface area contributed by atoms with Crippen molar-refractivity contribution in [1.82, 2.24) is 15.1 Å². The maximum Gasteiger partial charge on any atom is 0.228 e. The SMILES string of the molecule is C[C@H]1C[C@@H](C(=O)Nc2cc(C3CCCCC3)nn2C)CCN1.Cl. The van der Waals surface area contributed by atoms with E-state index >= 15 is 0 Å². The van der Waals surface area contributed by atoms with Gasteiger partial charge in [0.05, 0.1) is 5.69 Å². The van der Waals surface area contributed by atoms with Gasteiger partial charge < -0.3 is 10.6 Å². The fourth-order valence-corrected chi connectivity index (χ4v) is 3.80. The molecule has 1 amide bonds. The molecule has 5 nitrogen and oxygen atoms in total. The molecule has 0 bridgehead atoms. The Morgan fingerprint density at radius 1 is 1.30 bits per heavy atom. The lowest BCUT2D eigenvalue weighted by Crippen LogP contribution is -2.40. The molecule has 1 aromatic heterocycles. The van der Waals surface area contributed by atoms with Crippen molar-refractivity contribution in [3.63, 3.8) is 0 Å². The Morgan fingerprint density at radius 2 is 2.04 bits per heavy atom. The second-order valence-corrected chi connectivity index (χ2v) is 6.98. The van der Waals surface area contributed by atoms with Crippen molar-refractivity contribution < 1.29 is 4.79 Å². The number of carbonyl (C=O) groups excluding carboxylic acids is 1. The molecule has 2 aliphatic rings. The standard InChI is InChI=1S/C17H28N4O.ClH/c1-12-10-14(8-9-18-12)17(22)19-16-11-15(20-21(16)2)13-6-4-3-5-7-13;/h11-14,18H,3-10H2,1-2H3,(H,19,22);1H/t12-,14-;/m0./s1. The van der Waals surface area contributed by atoms with E-state index in [1.807, 2.05) is 11.7 Å². The van der Waals surface area contributed by atoms with Gasteiger partial charge in [0, 0.05) is 31.0 Å². The number of anilines is 1. The lowest BCUT2D eigenvalue weighted by molar-refractivity contribution is -0.120. The van der Waals surface area contributed by atoms with Crippen LogP contribution in [0.1, 0.15) is 63.5 Å². The highest BCUT2D eigenvalue weighted by Crippen LogP contribution is 2.33. The summed E-state index contributed by atoms with van der Waals surface area (Å²) in [5, 5.41) is 11.1. The van der Waals surface area contributed by atoms with Crippen LogP contribution in [-0.4, -0.2) is 28.3 Å². The van der Waals surface area contributed by atoms with Gasteiger partial charge in [-0.2, -0.15) is 5.10 Å². The first kappa shape index (κ1) is 18.3. The summed E-state index contributed by atoms with van der Waals surface area (Å²) in [4.78, 5) is 12.5. The molecule has 23 heavy (non-hydrogen) atoms. The van der Waals surface area contributed by atoms with Crippen molar-refractivity contribution >= 4 is 24.1 Å². The van der Waals surface area contributed by atoms with E-state index in [4.69, 9.17) is 0 Å². The van der Waals surface area contributed by atoms with Crippen LogP contribution < -0.4 is 10.6 Å². The Morgan fingerprint density at radius 3 is 2.74 bits per heavy atom. The van der Waals surface area contributed by atoms with Gasteiger partial charge in [0.2, 0.25) is 5.91 Å². The van der Waals surface area contributed by atoms with Gasteiger partial charge in [-0.1, -0.05) is 19.3 Å². The molecule has 1 aliphatic heterocycles. The summed E-state index contributed by atoms with van der Waals surface area (Å²) < 4.78 is 1.83. The molecule has 2 fully saturated rings. The van der Waals surface area contributed by atoms with Gasteiger partial charge in [-0.15, -0.1) is 12.4 Å². The molecule has 0 radical (unpaired) electrons. The van der Waals surface area contributed by atoms with Crippen LogP contribution in [0.4, 0.5) is 5.82 Å². The largest absolute Gasteiger partial charge is 0.314 e. The highest BCUT2D eigenvalue weighted by atomic mass is 35.5. The highest BCUT2D eigenvalue weighted by molar-refractivity contribution is 5.92. The van der Waals surface area contributed by atoms with Gasteiger partial charge in [-0.25, -0.2) is 0 Å². The van der Waals surface area contributed by atoms with Crippen molar-refractivity contribution in [2.75, 3.05) is 11.9 Å². The second kappa shape index (κ2) is 8.15. The first-order valence-corrected chi connectivity index (χ1v) is 8.71.